The molecular formula is C20H16N2O2. The first-order valence-electron chi connectivity index (χ1n) is 7.74. The summed E-state index contributed by atoms with van der Waals surface area (Å²) in [5.41, 5.74) is 3.43. The summed E-state index contributed by atoms with van der Waals surface area (Å²) < 4.78 is 7.91. The van der Waals surface area contributed by atoms with Gasteiger partial charge >= 0.3 is 0 Å². The van der Waals surface area contributed by atoms with Crippen molar-refractivity contribution < 1.29 is 9.84 Å². The number of aliphatic hydroxyl groups is 1. The first kappa shape index (κ1) is 14.5. The van der Waals surface area contributed by atoms with Crippen LogP contribution in [0.15, 0.2) is 79.1 Å². The Balaban J connectivity index is 1.76. The van der Waals surface area contributed by atoms with Gasteiger partial charge in [0, 0.05) is 18.0 Å². The molecule has 0 spiro atoms. The number of para-hydroxylation sites is 1. The van der Waals surface area contributed by atoms with Gasteiger partial charge in [0.15, 0.2) is 11.4 Å². The second-order valence-corrected chi connectivity index (χ2v) is 5.50. The van der Waals surface area contributed by atoms with Crippen molar-refractivity contribution in [2.75, 3.05) is 0 Å². The lowest BCUT2D eigenvalue weighted by atomic mass is 10.1. The number of pyridine rings is 1. The Bertz CT molecular complexity index is 977. The number of fused-ring (bicyclic) bond motifs is 1. The highest BCUT2D eigenvalue weighted by Crippen LogP contribution is 2.28. The fourth-order valence-electron chi connectivity index (χ4n) is 2.65. The van der Waals surface area contributed by atoms with Crippen molar-refractivity contribution in [3.63, 3.8) is 0 Å². The largest absolute Gasteiger partial charge is 0.453 e. The lowest BCUT2D eigenvalue weighted by Gasteiger charge is -2.06. The summed E-state index contributed by atoms with van der Waals surface area (Å²) in [6.45, 7) is 0.0174. The van der Waals surface area contributed by atoms with Gasteiger partial charge in [-0.2, -0.15) is 0 Å². The van der Waals surface area contributed by atoms with Gasteiger partial charge < -0.3 is 14.2 Å². The molecule has 0 saturated heterocycles. The predicted octanol–water partition coefficient (Wildman–Crippen LogP) is 4.29. The molecule has 0 aliphatic rings. The summed E-state index contributed by atoms with van der Waals surface area (Å²) in [6, 6.07) is 21.2. The van der Waals surface area contributed by atoms with Gasteiger partial charge in [0.1, 0.15) is 5.75 Å². The van der Waals surface area contributed by atoms with Gasteiger partial charge in [-0.15, -0.1) is 0 Å². The summed E-state index contributed by atoms with van der Waals surface area (Å²) in [4.78, 5) is 4.71. The highest BCUT2D eigenvalue weighted by molar-refractivity contribution is 5.66. The number of hydrogen-bond acceptors (Lipinski definition) is 3. The van der Waals surface area contributed by atoms with E-state index in [0.717, 1.165) is 28.2 Å². The van der Waals surface area contributed by atoms with Crippen LogP contribution in [0.4, 0.5) is 0 Å². The minimum atomic E-state index is 0.0174. The molecular weight excluding hydrogens is 300 g/mol. The van der Waals surface area contributed by atoms with E-state index >= 15 is 0 Å². The standard InChI is InChI=1S/C20H16N2O2/c23-14-15-6-4-7-16(12-15)18-13-22-11-5-10-19(20(22)21-18)24-17-8-2-1-3-9-17/h1-13,23H,14H2. The molecule has 2 heterocycles. The second kappa shape index (κ2) is 6.18. The average Bonchev–Trinajstić information content (AvgIpc) is 3.08. The SMILES string of the molecule is OCc1cccc(-c2cn3cccc(Oc4ccccc4)c3n2)c1. The Hall–Kier alpha value is -3.11. The van der Waals surface area contributed by atoms with E-state index in [9.17, 15) is 5.11 Å². The van der Waals surface area contributed by atoms with E-state index in [4.69, 9.17) is 9.72 Å². The molecule has 0 fully saturated rings. The van der Waals surface area contributed by atoms with Gasteiger partial charge in [-0.05, 0) is 35.9 Å². The normalized spacial score (nSPS) is 10.9. The van der Waals surface area contributed by atoms with Crippen LogP contribution in [0.1, 0.15) is 5.56 Å². The summed E-state index contributed by atoms with van der Waals surface area (Å²) in [5.74, 6) is 1.48. The van der Waals surface area contributed by atoms with Gasteiger partial charge in [0.05, 0.1) is 12.3 Å². The average molecular weight is 316 g/mol. The zero-order chi connectivity index (χ0) is 16.4. The van der Waals surface area contributed by atoms with Crippen LogP contribution in [0, 0.1) is 0 Å². The number of hydrogen-bond donors (Lipinski definition) is 1. The Kier molecular flexibility index (Phi) is 3.73. The molecule has 0 amide bonds. The molecule has 0 unspecified atom stereocenters. The first-order valence-corrected chi connectivity index (χ1v) is 7.74. The third-order valence-electron chi connectivity index (χ3n) is 3.82. The fourth-order valence-corrected chi connectivity index (χ4v) is 2.65. The fraction of sp³-hybridized carbons (Fsp3) is 0.0500. The molecule has 0 aliphatic carbocycles. The third kappa shape index (κ3) is 2.75. The molecule has 0 bridgehead atoms. The summed E-state index contributed by atoms with van der Waals surface area (Å²) in [5, 5.41) is 9.31. The maximum Gasteiger partial charge on any atom is 0.180 e. The minimum Gasteiger partial charge on any atom is -0.453 e. The zero-order valence-electron chi connectivity index (χ0n) is 13.0. The maximum absolute atomic E-state index is 9.31. The van der Waals surface area contributed by atoms with Crippen LogP contribution in [0.25, 0.3) is 16.9 Å². The monoisotopic (exact) mass is 316 g/mol. The molecule has 4 aromatic rings. The van der Waals surface area contributed by atoms with Gasteiger partial charge in [0.25, 0.3) is 0 Å². The molecule has 0 radical (unpaired) electrons. The Morgan fingerprint density at radius 3 is 2.67 bits per heavy atom. The molecule has 1 N–H and O–H groups in total. The van der Waals surface area contributed by atoms with E-state index in [1.54, 1.807) is 0 Å². The molecule has 0 saturated carbocycles. The lowest BCUT2D eigenvalue weighted by molar-refractivity contribution is 0.282. The molecule has 0 aliphatic heterocycles. The molecule has 118 valence electrons. The van der Waals surface area contributed by atoms with Gasteiger partial charge in [-0.1, -0.05) is 36.4 Å². The second-order valence-electron chi connectivity index (χ2n) is 5.50. The highest BCUT2D eigenvalue weighted by atomic mass is 16.5. The first-order chi connectivity index (χ1) is 11.8. The van der Waals surface area contributed by atoms with Gasteiger partial charge in [-0.25, -0.2) is 4.98 Å². The van der Waals surface area contributed by atoms with Crippen LogP contribution in [0.2, 0.25) is 0 Å². The number of ether oxygens (including phenoxy) is 1. The van der Waals surface area contributed by atoms with Crippen molar-refractivity contribution in [3.05, 3.63) is 84.7 Å². The van der Waals surface area contributed by atoms with Gasteiger partial charge in [-0.3, -0.25) is 0 Å². The predicted molar refractivity (Wildman–Crippen MR) is 93.1 cm³/mol. The van der Waals surface area contributed by atoms with E-state index in [0.29, 0.717) is 5.75 Å². The number of nitrogens with zero attached hydrogens (tertiary/aromatic N) is 2. The van der Waals surface area contributed by atoms with E-state index < -0.39 is 0 Å². The van der Waals surface area contributed by atoms with Crippen LogP contribution in [0.5, 0.6) is 11.5 Å². The van der Waals surface area contributed by atoms with E-state index in [2.05, 4.69) is 0 Å². The molecule has 2 aromatic carbocycles. The summed E-state index contributed by atoms with van der Waals surface area (Å²) in [7, 11) is 0. The smallest absolute Gasteiger partial charge is 0.180 e. The van der Waals surface area contributed by atoms with Crippen molar-refractivity contribution in [2.24, 2.45) is 0 Å². The summed E-state index contributed by atoms with van der Waals surface area (Å²) >= 11 is 0. The van der Waals surface area contributed by atoms with Crippen LogP contribution in [0.3, 0.4) is 0 Å². The molecule has 24 heavy (non-hydrogen) atoms. The van der Waals surface area contributed by atoms with Crippen molar-refractivity contribution in [3.8, 4) is 22.8 Å². The van der Waals surface area contributed by atoms with Crippen LogP contribution in [-0.2, 0) is 6.61 Å². The van der Waals surface area contributed by atoms with Crippen molar-refractivity contribution in [1.29, 1.82) is 0 Å². The number of aliphatic hydroxyl groups excluding tert-OH is 1. The number of rotatable bonds is 4. The number of benzene rings is 2. The van der Waals surface area contributed by atoms with Crippen LogP contribution < -0.4 is 4.74 Å². The third-order valence-corrected chi connectivity index (χ3v) is 3.82. The molecule has 2 aromatic heterocycles. The Morgan fingerprint density at radius 2 is 1.83 bits per heavy atom. The highest BCUT2D eigenvalue weighted by Gasteiger charge is 2.10. The lowest BCUT2D eigenvalue weighted by Crippen LogP contribution is -1.89. The maximum atomic E-state index is 9.31. The van der Waals surface area contributed by atoms with E-state index in [1.807, 2.05) is 83.5 Å². The Morgan fingerprint density at radius 1 is 0.958 bits per heavy atom. The van der Waals surface area contributed by atoms with Crippen molar-refractivity contribution >= 4 is 5.65 Å². The van der Waals surface area contributed by atoms with Gasteiger partial charge in [0.2, 0.25) is 0 Å². The minimum absolute atomic E-state index is 0.0174. The number of aromatic nitrogens is 2. The molecule has 4 nitrogen and oxygen atoms in total. The zero-order valence-corrected chi connectivity index (χ0v) is 13.0. The quantitative estimate of drug-likeness (QED) is 0.611. The van der Waals surface area contributed by atoms with Crippen LogP contribution in [-0.4, -0.2) is 14.5 Å². The van der Waals surface area contributed by atoms with Crippen molar-refractivity contribution in [2.45, 2.75) is 6.61 Å². The van der Waals surface area contributed by atoms with Crippen molar-refractivity contribution in [1.82, 2.24) is 9.38 Å². The van der Waals surface area contributed by atoms with E-state index in [-0.39, 0.29) is 6.61 Å². The van der Waals surface area contributed by atoms with Crippen LogP contribution >= 0.6 is 0 Å². The van der Waals surface area contributed by atoms with E-state index in [1.165, 1.54) is 0 Å². The Labute approximate surface area is 139 Å². The number of imidazole rings is 1. The summed E-state index contributed by atoms with van der Waals surface area (Å²) in [6.07, 6.45) is 3.91. The topological polar surface area (TPSA) is 46.8 Å². The molecule has 4 rings (SSSR count). The molecule has 0 atom stereocenters. The molecule has 4 heteroatoms.